The normalized spacial score (nSPS) is 12.1. The average molecular weight is 460 g/mol. The minimum absolute atomic E-state index is 0.0310. The van der Waals surface area contributed by atoms with Gasteiger partial charge in [-0.25, -0.2) is 21.6 Å². The van der Waals surface area contributed by atoms with E-state index in [-0.39, 0.29) is 21.5 Å². The first-order chi connectivity index (χ1) is 13.3. The van der Waals surface area contributed by atoms with E-state index in [1.54, 1.807) is 32.9 Å². The molecule has 0 radical (unpaired) electrons. The Bertz CT molecular complexity index is 1150. The number of hydrogen-bond donors (Lipinski definition) is 3. The molecule has 0 spiro atoms. The molecule has 2 aromatic carbocycles. The van der Waals surface area contributed by atoms with Gasteiger partial charge in [0.2, 0.25) is 20.0 Å². The number of anilines is 2. The molecule has 8 nitrogen and oxygen atoms in total. The lowest BCUT2D eigenvalue weighted by atomic mass is 10.1. The largest absolute Gasteiger partial charge is 0.322 e. The van der Waals surface area contributed by atoms with Gasteiger partial charge in [-0.1, -0.05) is 17.7 Å². The lowest BCUT2D eigenvalue weighted by Crippen LogP contribution is -2.30. The minimum atomic E-state index is -3.80. The first-order valence-corrected chi connectivity index (χ1v) is 12.3. The van der Waals surface area contributed by atoms with Crippen molar-refractivity contribution in [2.45, 2.75) is 31.7 Å². The van der Waals surface area contributed by atoms with Crippen LogP contribution < -0.4 is 14.8 Å². The van der Waals surface area contributed by atoms with Crippen molar-refractivity contribution in [1.82, 2.24) is 4.72 Å². The van der Waals surface area contributed by atoms with Crippen molar-refractivity contribution < 1.29 is 21.6 Å². The summed E-state index contributed by atoms with van der Waals surface area (Å²) in [5.41, 5.74) is 1.26. The van der Waals surface area contributed by atoms with Crippen molar-refractivity contribution in [2.75, 3.05) is 16.3 Å². The van der Waals surface area contributed by atoms with E-state index in [4.69, 9.17) is 11.6 Å². The summed E-state index contributed by atoms with van der Waals surface area (Å²) in [6.07, 6.45) is 1.02. The van der Waals surface area contributed by atoms with Crippen LogP contribution >= 0.6 is 11.6 Å². The molecule has 0 heterocycles. The van der Waals surface area contributed by atoms with Gasteiger partial charge < -0.3 is 5.32 Å². The number of carbonyl (C=O) groups is 1. The van der Waals surface area contributed by atoms with Gasteiger partial charge >= 0.3 is 0 Å². The Hall–Kier alpha value is -2.14. The molecular formula is C18H22ClN3O5S2. The molecule has 0 atom stereocenters. The predicted molar refractivity (Wildman–Crippen MR) is 115 cm³/mol. The Labute approximate surface area is 175 Å². The maximum absolute atomic E-state index is 12.7. The van der Waals surface area contributed by atoms with Crippen molar-refractivity contribution >= 4 is 48.9 Å². The van der Waals surface area contributed by atoms with Crippen LogP contribution in [0.2, 0.25) is 5.02 Å². The second-order valence-electron chi connectivity index (χ2n) is 6.78. The van der Waals surface area contributed by atoms with Gasteiger partial charge in [0.15, 0.2) is 0 Å². The summed E-state index contributed by atoms with van der Waals surface area (Å²) in [5.74, 6) is -0.634. The highest BCUT2D eigenvalue weighted by Crippen LogP contribution is 2.24. The summed E-state index contributed by atoms with van der Waals surface area (Å²) < 4.78 is 52.5. The van der Waals surface area contributed by atoms with Crippen molar-refractivity contribution in [2.24, 2.45) is 0 Å². The summed E-state index contributed by atoms with van der Waals surface area (Å²) in [5, 5.41) is 2.67. The Kier molecular flexibility index (Phi) is 6.94. The number of benzene rings is 2. The molecule has 2 rings (SSSR count). The van der Waals surface area contributed by atoms with Crippen LogP contribution in [0.1, 0.15) is 29.8 Å². The number of nitrogens with one attached hydrogen (secondary N) is 3. The van der Waals surface area contributed by atoms with Crippen molar-refractivity contribution in [3.05, 3.63) is 52.5 Å². The van der Waals surface area contributed by atoms with E-state index in [1.165, 1.54) is 24.3 Å². The van der Waals surface area contributed by atoms with E-state index in [1.807, 2.05) is 0 Å². The molecular weight excluding hydrogens is 438 g/mol. The van der Waals surface area contributed by atoms with Gasteiger partial charge in [-0.3, -0.25) is 9.52 Å². The fraction of sp³-hybridized carbons (Fsp3) is 0.278. The number of carbonyl (C=O) groups excluding carboxylic acids is 1. The topological polar surface area (TPSA) is 121 Å². The predicted octanol–water partition coefficient (Wildman–Crippen LogP) is 2.96. The van der Waals surface area contributed by atoms with Crippen LogP contribution in [0.5, 0.6) is 0 Å². The van der Waals surface area contributed by atoms with E-state index in [0.717, 1.165) is 6.26 Å². The summed E-state index contributed by atoms with van der Waals surface area (Å²) >= 11 is 6.09. The maximum Gasteiger partial charge on any atom is 0.257 e. The van der Waals surface area contributed by atoms with Crippen molar-refractivity contribution in [3.63, 3.8) is 0 Å². The molecule has 1 amide bonds. The zero-order valence-corrected chi connectivity index (χ0v) is 18.7. The standard InChI is InChI=1S/C18H22ClN3O5S2/c1-11(2)21-29(26,27)14-7-8-16(19)15(10-14)18(23)20-13-6-5-12(3)17(9-13)22-28(4,24)25/h5-11,21-22H,1-4H3,(H,20,23). The third kappa shape index (κ3) is 6.43. The number of sulfonamides is 2. The average Bonchev–Trinajstić information content (AvgIpc) is 2.55. The number of amides is 1. The van der Waals surface area contributed by atoms with Crippen LogP contribution in [0.25, 0.3) is 0 Å². The minimum Gasteiger partial charge on any atom is -0.322 e. The van der Waals surface area contributed by atoms with Gasteiger partial charge in [0.05, 0.1) is 27.4 Å². The maximum atomic E-state index is 12.7. The molecule has 0 bridgehead atoms. The van der Waals surface area contributed by atoms with Gasteiger partial charge in [0, 0.05) is 11.7 Å². The molecule has 29 heavy (non-hydrogen) atoms. The van der Waals surface area contributed by atoms with Gasteiger partial charge in [0.1, 0.15) is 0 Å². The van der Waals surface area contributed by atoms with Crippen LogP contribution in [-0.4, -0.2) is 35.0 Å². The molecule has 3 N–H and O–H groups in total. The lowest BCUT2D eigenvalue weighted by molar-refractivity contribution is 0.102. The summed E-state index contributed by atoms with van der Waals surface area (Å²) in [6, 6.07) is 8.20. The number of aryl methyl sites for hydroxylation is 1. The number of hydrogen-bond acceptors (Lipinski definition) is 5. The SMILES string of the molecule is Cc1ccc(NC(=O)c2cc(S(=O)(=O)NC(C)C)ccc2Cl)cc1NS(C)(=O)=O. The second kappa shape index (κ2) is 8.70. The first kappa shape index (κ1) is 23.1. The number of rotatable bonds is 7. The van der Waals surface area contributed by atoms with E-state index in [2.05, 4.69) is 14.8 Å². The third-order valence-electron chi connectivity index (χ3n) is 3.67. The van der Waals surface area contributed by atoms with Crippen molar-refractivity contribution in [3.8, 4) is 0 Å². The zero-order valence-electron chi connectivity index (χ0n) is 16.3. The Morgan fingerprint density at radius 2 is 1.69 bits per heavy atom. The molecule has 0 aromatic heterocycles. The molecule has 158 valence electrons. The van der Waals surface area contributed by atoms with Crippen LogP contribution in [0.15, 0.2) is 41.3 Å². The second-order valence-corrected chi connectivity index (χ2v) is 10.6. The third-order valence-corrected chi connectivity index (χ3v) is 6.25. The molecule has 0 saturated carbocycles. The van der Waals surface area contributed by atoms with E-state index in [9.17, 15) is 21.6 Å². The molecule has 0 unspecified atom stereocenters. The van der Waals surface area contributed by atoms with Crippen LogP contribution in [0, 0.1) is 6.92 Å². The van der Waals surface area contributed by atoms with Crippen molar-refractivity contribution in [1.29, 1.82) is 0 Å². The van der Waals surface area contributed by atoms with Gasteiger partial charge in [-0.15, -0.1) is 0 Å². The molecule has 0 aliphatic heterocycles. The lowest BCUT2D eigenvalue weighted by Gasteiger charge is -2.13. The smallest absolute Gasteiger partial charge is 0.257 e. The molecule has 0 saturated heterocycles. The fourth-order valence-electron chi connectivity index (χ4n) is 2.43. The summed E-state index contributed by atoms with van der Waals surface area (Å²) in [4.78, 5) is 12.6. The zero-order chi connectivity index (χ0) is 22.0. The molecule has 11 heteroatoms. The van der Waals surface area contributed by atoms with Crippen LogP contribution in [0.4, 0.5) is 11.4 Å². The monoisotopic (exact) mass is 459 g/mol. The molecule has 0 aliphatic carbocycles. The van der Waals surface area contributed by atoms with Gasteiger partial charge in [0.25, 0.3) is 5.91 Å². The highest BCUT2D eigenvalue weighted by molar-refractivity contribution is 7.92. The van der Waals surface area contributed by atoms with E-state index >= 15 is 0 Å². The summed E-state index contributed by atoms with van der Waals surface area (Å²) in [6.45, 7) is 5.08. The quantitative estimate of drug-likeness (QED) is 0.587. The Morgan fingerprint density at radius 3 is 2.28 bits per heavy atom. The highest BCUT2D eigenvalue weighted by Gasteiger charge is 2.20. The van der Waals surface area contributed by atoms with E-state index < -0.39 is 26.0 Å². The number of halogens is 1. The molecule has 0 fully saturated rings. The molecule has 2 aromatic rings. The van der Waals surface area contributed by atoms with Gasteiger partial charge in [-0.2, -0.15) is 0 Å². The van der Waals surface area contributed by atoms with E-state index in [0.29, 0.717) is 16.9 Å². The highest BCUT2D eigenvalue weighted by atomic mass is 35.5. The van der Waals surface area contributed by atoms with Crippen LogP contribution in [0.3, 0.4) is 0 Å². The Balaban J connectivity index is 2.34. The van der Waals surface area contributed by atoms with Gasteiger partial charge in [-0.05, 0) is 56.7 Å². The molecule has 0 aliphatic rings. The summed E-state index contributed by atoms with van der Waals surface area (Å²) in [7, 11) is -7.30. The first-order valence-electron chi connectivity index (χ1n) is 8.50. The van der Waals surface area contributed by atoms with Crippen LogP contribution in [-0.2, 0) is 20.0 Å². The Morgan fingerprint density at radius 1 is 1.03 bits per heavy atom. The fourth-order valence-corrected chi connectivity index (χ4v) is 4.53.